The number of aromatic amines is 2. The van der Waals surface area contributed by atoms with Crippen LogP contribution in [0.2, 0.25) is 0 Å². The van der Waals surface area contributed by atoms with Crippen LogP contribution in [0.15, 0.2) is 34.2 Å². The molecule has 0 radical (unpaired) electrons. The van der Waals surface area contributed by atoms with E-state index in [-0.39, 0.29) is 42.1 Å². The number of aliphatic hydroxyl groups excluding tert-OH is 1. The molecule has 0 bridgehead atoms. The lowest BCUT2D eigenvalue weighted by atomic mass is 10.1. The minimum absolute atomic E-state index is 0.102. The summed E-state index contributed by atoms with van der Waals surface area (Å²) in [6, 6.07) is 5.33. The minimum atomic E-state index is -0.520. The van der Waals surface area contributed by atoms with E-state index in [9.17, 15) is 19.8 Å². The van der Waals surface area contributed by atoms with Crippen molar-refractivity contribution in [2.45, 2.75) is 38.8 Å². The Hall–Kier alpha value is -3.77. The van der Waals surface area contributed by atoms with Gasteiger partial charge in [0.05, 0.1) is 40.3 Å². The summed E-state index contributed by atoms with van der Waals surface area (Å²) in [5.74, 6) is -0.418. The number of nitrogens with one attached hydrogen (secondary N) is 3. The number of rotatable bonds is 7. The maximum Gasteiger partial charge on any atom is 0.326 e. The Labute approximate surface area is 202 Å². The highest BCUT2D eigenvalue weighted by molar-refractivity contribution is 7.17. The number of H-pyrrole nitrogens is 2. The second kappa shape index (κ2) is 9.12. The Morgan fingerprint density at radius 2 is 2.17 bits per heavy atom. The lowest BCUT2D eigenvalue weighted by Gasteiger charge is -2.19. The molecule has 1 aliphatic rings. The smallest absolute Gasteiger partial charge is 0.326 e. The number of carbonyl (C=O) groups excluding carboxylic acids is 1. The summed E-state index contributed by atoms with van der Waals surface area (Å²) in [4.78, 5) is 39.9. The summed E-state index contributed by atoms with van der Waals surface area (Å²) < 4.78 is 1.63. The highest BCUT2D eigenvalue weighted by Crippen LogP contribution is 2.27. The van der Waals surface area contributed by atoms with Crippen molar-refractivity contribution in [3.63, 3.8) is 0 Å². The molecule has 5 N–H and O–H groups in total. The van der Waals surface area contributed by atoms with E-state index in [1.54, 1.807) is 22.9 Å². The predicted octanol–water partition coefficient (Wildman–Crippen LogP) is 0.537. The van der Waals surface area contributed by atoms with Crippen molar-refractivity contribution < 1.29 is 15.0 Å². The first-order valence-electron chi connectivity index (χ1n) is 11.3. The molecule has 182 valence electrons. The van der Waals surface area contributed by atoms with Crippen molar-refractivity contribution in [2.75, 3.05) is 6.61 Å². The van der Waals surface area contributed by atoms with E-state index in [1.807, 2.05) is 26.0 Å². The Morgan fingerprint density at radius 1 is 1.37 bits per heavy atom. The molecule has 1 atom stereocenters. The van der Waals surface area contributed by atoms with Gasteiger partial charge in [0, 0.05) is 11.3 Å². The number of nitrogens with zero attached hydrogens (tertiary/aromatic N) is 4. The molecule has 0 spiro atoms. The summed E-state index contributed by atoms with van der Waals surface area (Å²) in [6.07, 6.45) is 5.21. The first-order chi connectivity index (χ1) is 16.8. The zero-order valence-electron chi connectivity index (χ0n) is 19.1. The van der Waals surface area contributed by atoms with Crippen LogP contribution in [0.4, 0.5) is 0 Å². The molecule has 0 aliphatic heterocycles. The van der Waals surface area contributed by atoms with Crippen LogP contribution < -0.4 is 21.7 Å². The molecule has 11 nitrogen and oxygen atoms in total. The Kier molecular flexibility index (Phi) is 5.99. The molecule has 1 fully saturated rings. The highest BCUT2D eigenvalue weighted by atomic mass is 32.1. The van der Waals surface area contributed by atoms with Crippen LogP contribution >= 0.6 is 11.3 Å². The van der Waals surface area contributed by atoms with Crippen molar-refractivity contribution in [1.82, 2.24) is 29.9 Å². The molecule has 0 saturated heterocycles. The van der Waals surface area contributed by atoms with Gasteiger partial charge in [-0.15, -0.1) is 11.3 Å². The number of aliphatic hydroxyl groups is 1. The van der Waals surface area contributed by atoms with Crippen molar-refractivity contribution in [1.29, 1.82) is 0 Å². The molecule has 1 saturated carbocycles. The second-order valence-corrected chi connectivity index (χ2v) is 9.94. The van der Waals surface area contributed by atoms with Crippen LogP contribution in [-0.2, 0) is 0 Å². The Bertz CT molecular complexity index is 1580. The van der Waals surface area contributed by atoms with Crippen molar-refractivity contribution in [3.8, 4) is 16.5 Å². The van der Waals surface area contributed by atoms with Crippen LogP contribution in [0.1, 0.15) is 42.1 Å². The molecule has 0 aromatic carbocycles. The van der Waals surface area contributed by atoms with Crippen molar-refractivity contribution in [3.05, 3.63) is 56.2 Å². The summed E-state index contributed by atoms with van der Waals surface area (Å²) in [6.45, 7) is 3.75. The third-order valence-corrected chi connectivity index (χ3v) is 6.88. The lowest BCUT2D eigenvalue weighted by molar-refractivity contribution is 0.0901. The number of hydrogen-bond acceptors (Lipinski definition) is 8. The SMILES string of the molecule is CC(C)[C@H](CO)NC(=O)c1ccc(-c2cc(=NC3CC3)n3ncc(=Cc4[nH]c(=O)[nH]c4O)c3n2)s1. The fourth-order valence-electron chi connectivity index (χ4n) is 3.58. The van der Waals surface area contributed by atoms with E-state index in [0.717, 1.165) is 17.7 Å². The van der Waals surface area contributed by atoms with Crippen LogP contribution in [0.5, 0.6) is 5.88 Å². The number of imidazole rings is 1. The zero-order valence-corrected chi connectivity index (χ0v) is 20.0. The van der Waals surface area contributed by atoms with Crippen LogP contribution in [-0.4, -0.2) is 59.4 Å². The highest BCUT2D eigenvalue weighted by Gasteiger charge is 2.21. The second-order valence-electron chi connectivity index (χ2n) is 8.85. The number of thiophene rings is 1. The van der Waals surface area contributed by atoms with Gasteiger partial charge in [-0.3, -0.25) is 14.8 Å². The van der Waals surface area contributed by atoms with E-state index in [4.69, 9.17) is 9.98 Å². The number of amides is 1. The predicted molar refractivity (Wildman–Crippen MR) is 130 cm³/mol. The largest absolute Gasteiger partial charge is 0.493 e. The standard InChI is InChI=1S/C23H25N7O4S/c1-11(2)16(10-31)27-22(33)18-6-5-17(35-18)14-8-19(25-13-3-4-13)30-20(26-14)12(9-24-30)7-15-21(32)29-23(34)28-15/h5-9,11,13,16,31-32H,3-4,10H2,1-2H3,(H,27,33)(H2,28,29,34)/t16-/m0/s1. The maximum absolute atomic E-state index is 12.7. The monoisotopic (exact) mass is 495 g/mol. The number of aromatic hydroxyl groups is 1. The van der Waals surface area contributed by atoms with Crippen LogP contribution in [0.3, 0.4) is 0 Å². The van der Waals surface area contributed by atoms with Gasteiger partial charge in [0.2, 0.25) is 5.88 Å². The summed E-state index contributed by atoms with van der Waals surface area (Å²) in [7, 11) is 0. The van der Waals surface area contributed by atoms with Gasteiger partial charge in [0.25, 0.3) is 5.91 Å². The number of aromatic nitrogens is 5. The van der Waals surface area contributed by atoms with Gasteiger partial charge in [-0.05, 0) is 37.0 Å². The third kappa shape index (κ3) is 4.75. The molecule has 12 heteroatoms. The van der Waals surface area contributed by atoms with E-state index in [0.29, 0.717) is 26.9 Å². The molecule has 4 heterocycles. The van der Waals surface area contributed by atoms with Crippen molar-refractivity contribution >= 4 is 29.0 Å². The van der Waals surface area contributed by atoms with Crippen molar-refractivity contribution in [2.24, 2.45) is 10.9 Å². The van der Waals surface area contributed by atoms with Gasteiger partial charge < -0.3 is 20.5 Å². The average molecular weight is 496 g/mol. The van der Waals surface area contributed by atoms with Gasteiger partial charge in [0.15, 0.2) is 11.1 Å². The zero-order chi connectivity index (χ0) is 24.7. The lowest BCUT2D eigenvalue weighted by Crippen LogP contribution is -2.40. The topological polar surface area (TPSA) is 161 Å². The minimum Gasteiger partial charge on any atom is -0.493 e. The summed E-state index contributed by atoms with van der Waals surface area (Å²) in [5.41, 5.74) is 1.47. The summed E-state index contributed by atoms with van der Waals surface area (Å²) >= 11 is 1.30. The number of fused-ring (bicyclic) bond motifs is 1. The maximum atomic E-state index is 12.7. The average Bonchev–Trinajstić information content (AvgIpc) is 3.19. The van der Waals surface area contributed by atoms with E-state index < -0.39 is 5.69 Å². The molecular weight excluding hydrogens is 470 g/mol. The van der Waals surface area contributed by atoms with Crippen LogP contribution in [0.25, 0.3) is 22.3 Å². The first-order valence-corrected chi connectivity index (χ1v) is 12.1. The summed E-state index contributed by atoms with van der Waals surface area (Å²) in [5, 5.41) is 27.4. The fourth-order valence-corrected chi connectivity index (χ4v) is 4.45. The number of carbonyl (C=O) groups is 1. The third-order valence-electron chi connectivity index (χ3n) is 5.78. The van der Waals surface area contributed by atoms with E-state index in [2.05, 4.69) is 20.4 Å². The van der Waals surface area contributed by atoms with Gasteiger partial charge in [-0.1, -0.05) is 13.8 Å². The van der Waals surface area contributed by atoms with Gasteiger partial charge in [0.1, 0.15) is 5.69 Å². The molecular formula is C23H25N7O4S. The quantitative estimate of drug-likeness (QED) is 0.251. The van der Waals surface area contributed by atoms with Gasteiger partial charge in [-0.2, -0.15) is 9.61 Å². The van der Waals surface area contributed by atoms with E-state index in [1.165, 1.54) is 11.3 Å². The van der Waals surface area contributed by atoms with Gasteiger partial charge >= 0.3 is 5.69 Å². The van der Waals surface area contributed by atoms with Gasteiger partial charge in [-0.25, -0.2) is 9.78 Å². The molecule has 4 aromatic rings. The molecule has 1 amide bonds. The first kappa shape index (κ1) is 23.0. The molecule has 35 heavy (non-hydrogen) atoms. The molecule has 0 unspecified atom stereocenters. The normalized spacial score (nSPS) is 15.9. The van der Waals surface area contributed by atoms with Crippen LogP contribution in [0, 0.1) is 5.92 Å². The number of hydrogen-bond donors (Lipinski definition) is 5. The molecule has 1 aliphatic carbocycles. The molecule has 4 aromatic heterocycles. The molecule has 5 rings (SSSR count). The van der Waals surface area contributed by atoms with E-state index >= 15 is 0 Å². The fraction of sp³-hybridized carbons (Fsp3) is 0.348. The Morgan fingerprint density at radius 3 is 2.83 bits per heavy atom. The Balaban J connectivity index is 1.58.